The Labute approximate surface area is 60.8 Å². The molecule has 0 aliphatic carbocycles. The molecule has 1 heterocycles. The van der Waals surface area contributed by atoms with Crippen LogP contribution in [0.25, 0.3) is 0 Å². The van der Waals surface area contributed by atoms with Crippen molar-refractivity contribution in [3.05, 3.63) is 0 Å². The van der Waals surface area contributed by atoms with Gasteiger partial charge in [-0.15, -0.1) is 0 Å². The van der Waals surface area contributed by atoms with E-state index in [0.717, 1.165) is 26.1 Å². The average Bonchev–Trinajstić information content (AvgIpc) is 2.03. The maximum Gasteiger partial charge on any atom is 0.102 e. The molecule has 2 nitrogen and oxygen atoms in total. The summed E-state index contributed by atoms with van der Waals surface area (Å²) in [7, 11) is 0. The Bertz CT molecular complexity index is 83.7. The Morgan fingerprint density at radius 3 is 2.70 bits per heavy atom. The van der Waals surface area contributed by atoms with Crippen LogP contribution in [0, 0.1) is 0 Å². The third kappa shape index (κ3) is 2.62. The summed E-state index contributed by atoms with van der Waals surface area (Å²) in [6, 6.07) is 0.490. The van der Waals surface area contributed by atoms with Gasteiger partial charge in [-0.1, -0.05) is 0 Å². The molecular formula is C7H14FNO. The molecule has 10 heavy (non-hydrogen) atoms. The molecule has 1 fully saturated rings. The fourth-order valence-electron chi connectivity index (χ4n) is 1.16. The quantitative estimate of drug-likeness (QED) is 0.635. The largest absolute Gasteiger partial charge is 0.381 e. The van der Waals surface area contributed by atoms with Gasteiger partial charge in [0.15, 0.2) is 0 Å². The van der Waals surface area contributed by atoms with E-state index in [4.69, 9.17) is 4.74 Å². The number of ether oxygens (including phenoxy) is 1. The molecule has 0 saturated carbocycles. The van der Waals surface area contributed by atoms with Crippen LogP contribution in [-0.2, 0) is 4.74 Å². The first-order valence-corrected chi connectivity index (χ1v) is 3.80. The summed E-state index contributed by atoms with van der Waals surface area (Å²) in [4.78, 5) is 0. The molecule has 1 N–H and O–H groups in total. The molecular weight excluding hydrogens is 133 g/mol. The van der Waals surface area contributed by atoms with E-state index in [1.807, 2.05) is 0 Å². The van der Waals surface area contributed by atoms with Crippen molar-refractivity contribution >= 4 is 0 Å². The summed E-state index contributed by atoms with van der Waals surface area (Å²) in [6.45, 7) is 1.87. The molecule has 0 aromatic heterocycles. The minimum Gasteiger partial charge on any atom is -0.381 e. The van der Waals surface area contributed by atoms with E-state index in [1.54, 1.807) is 0 Å². The molecule has 0 aromatic carbocycles. The lowest BCUT2D eigenvalue weighted by atomic mass is 10.1. The zero-order chi connectivity index (χ0) is 7.23. The van der Waals surface area contributed by atoms with Crippen LogP contribution >= 0.6 is 0 Å². The topological polar surface area (TPSA) is 21.3 Å². The monoisotopic (exact) mass is 147 g/mol. The van der Waals surface area contributed by atoms with Crippen LogP contribution in [0.15, 0.2) is 0 Å². The fourth-order valence-corrected chi connectivity index (χ4v) is 1.16. The molecule has 0 amide bonds. The van der Waals surface area contributed by atoms with Crippen molar-refractivity contribution in [1.82, 2.24) is 5.32 Å². The summed E-state index contributed by atoms with van der Waals surface area (Å²) in [5.41, 5.74) is 0. The van der Waals surface area contributed by atoms with Crippen LogP contribution in [0.1, 0.15) is 12.8 Å². The van der Waals surface area contributed by atoms with Gasteiger partial charge in [0.25, 0.3) is 0 Å². The van der Waals surface area contributed by atoms with Gasteiger partial charge in [0, 0.05) is 25.8 Å². The summed E-state index contributed by atoms with van der Waals surface area (Å²) in [5, 5.41) is 3.12. The Kier molecular flexibility index (Phi) is 3.68. The van der Waals surface area contributed by atoms with Gasteiger partial charge in [-0.05, 0) is 12.8 Å². The predicted molar refractivity (Wildman–Crippen MR) is 37.8 cm³/mol. The number of rotatable bonds is 3. The summed E-state index contributed by atoms with van der Waals surface area (Å²) >= 11 is 0. The van der Waals surface area contributed by atoms with Gasteiger partial charge >= 0.3 is 0 Å². The van der Waals surface area contributed by atoms with Gasteiger partial charge in [-0.3, -0.25) is 0 Å². The van der Waals surface area contributed by atoms with Crippen LogP contribution in [0.3, 0.4) is 0 Å². The molecule has 0 atom stereocenters. The normalized spacial score (nSPS) is 21.3. The Morgan fingerprint density at radius 2 is 2.10 bits per heavy atom. The van der Waals surface area contributed by atoms with Crippen LogP contribution in [0.2, 0.25) is 0 Å². The van der Waals surface area contributed by atoms with E-state index in [2.05, 4.69) is 5.32 Å². The van der Waals surface area contributed by atoms with Gasteiger partial charge in [0.05, 0.1) is 0 Å². The number of halogens is 1. The van der Waals surface area contributed by atoms with Crippen molar-refractivity contribution in [3.63, 3.8) is 0 Å². The zero-order valence-electron chi connectivity index (χ0n) is 6.11. The smallest absolute Gasteiger partial charge is 0.102 e. The third-order valence-corrected chi connectivity index (χ3v) is 1.75. The number of hydrogen-bond donors (Lipinski definition) is 1. The Morgan fingerprint density at radius 1 is 1.40 bits per heavy atom. The highest BCUT2D eigenvalue weighted by molar-refractivity contribution is 4.69. The van der Waals surface area contributed by atoms with Crippen LogP contribution < -0.4 is 5.32 Å². The molecule has 1 saturated heterocycles. The third-order valence-electron chi connectivity index (χ3n) is 1.75. The first-order chi connectivity index (χ1) is 4.93. The number of alkyl halides is 1. The van der Waals surface area contributed by atoms with Crippen molar-refractivity contribution in [1.29, 1.82) is 0 Å². The average molecular weight is 147 g/mol. The van der Waals surface area contributed by atoms with Crippen molar-refractivity contribution in [3.8, 4) is 0 Å². The zero-order valence-corrected chi connectivity index (χ0v) is 6.11. The molecule has 1 aliphatic rings. The van der Waals surface area contributed by atoms with E-state index in [9.17, 15) is 4.39 Å². The molecule has 1 aliphatic heterocycles. The standard InChI is InChI=1S/C7H14FNO/c8-3-4-9-7-1-5-10-6-2-7/h7,9H,1-6H2. The second-order valence-corrected chi connectivity index (χ2v) is 2.53. The lowest BCUT2D eigenvalue weighted by Crippen LogP contribution is -2.35. The van der Waals surface area contributed by atoms with E-state index < -0.39 is 0 Å². The molecule has 1 rings (SSSR count). The van der Waals surface area contributed by atoms with Crippen molar-refractivity contribution in [2.24, 2.45) is 0 Å². The fraction of sp³-hybridized carbons (Fsp3) is 1.00. The van der Waals surface area contributed by atoms with Crippen LogP contribution in [0.4, 0.5) is 4.39 Å². The van der Waals surface area contributed by atoms with Crippen molar-refractivity contribution < 1.29 is 9.13 Å². The minimum absolute atomic E-state index is 0.267. The molecule has 0 radical (unpaired) electrons. The van der Waals surface area contributed by atoms with E-state index >= 15 is 0 Å². The molecule has 3 heteroatoms. The summed E-state index contributed by atoms with van der Waals surface area (Å²) in [6.07, 6.45) is 2.06. The van der Waals surface area contributed by atoms with Crippen molar-refractivity contribution in [2.45, 2.75) is 18.9 Å². The molecule has 60 valence electrons. The van der Waals surface area contributed by atoms with Gasteiger partial charge < -0.3 is 10.1 Å². The maximum absolute atomic E-state index is 11.7. The van der Waals surface area contributed by atoms with Gasteiger partial charge in [-0.2, -0.15) is 0 Å². The van der Waals surface area contributed by atoms with Gasteiger partial charge in [-0.25, -0.2) is 4.39 Å². The molecule has 0 unspecified atom stereocenters. The van der Waals surface area contributed by atoms with E-state index in [0.29, 0.717) is 12.6 Å². The summed E-state index contributed by atoms with van der Waals surface area (Å²) in [5.74, 6) is 0. The van der Waals surface area contributed by atoms with E-state index in [-0.39, 0.29) is 6.67 Å². The molecule has 0 bridgehead atoms. The lowest BCUT2D eigenvalue weighted by Gasteiger charge is -2.22. The van der Waals surface area contributed by atoms with Gasteiger partial charge in [0.2, 0.25) is 0 Å². The number of hydrogen-bond acceptors (Lipinski definition) is 2. The van der Waals surface area contributed by atoms with Gasteiger partial charge in [0.1, 0.15) is 6.67 Å². The maximum atomic E-state index is 11.7. The first-order valence-electron chi connectivity index (χ1n) is 3.80. The Balaban J connectivity index is 2.02. The SMILES string of the molecule is FCCNC1CCOCC1. The second-order valence-electron chi connectivity index (χ2n) is 2.53. The highest BCUT2D eigenvalue weighted by Crippen LogP contribution is 2.05. The first kappa shape index (κ1) is 7.95. The van der Waals surface area contributed by atoms with Crippen LogP contribution in [0.5, 0.6) is 0 Å². The summed E-state index contributed by atoms with van der Waals surface area (Å²) < 4.78 is 16.8. The predicted octanol–water partition coefficient (Wildman–Crippen LogP) is 0.725. The Hall–Kier alpha value is -0.150. The molecule has 0 spiro atoms. The highest BCUT2D eigenvalue weighted by atomic mass is 19.1. The van der Waals surface area contributed by atoms with E-state index in [1.165, 1.54) is 0 Å². The molecule has 0 aromatic rings. The van der Waals surface area contributed by atoms with Crippen LogP contribution in [-0.4, -0.2) is 32.5 Å². The highest BCUT2D eigenvalue weighted by Gasteiger charge is 2.11. The van der Waals surface area contributed by atoms with Crippen molar-refractivity contribution in [2.75, 3.05) is 26.4 Å². The minimum atomic E-state index is -0.267. The lowest BCUT2D eigenvalue weighted by molar-refractivity contribution is 0.0776. The second kappa shape index (κ2) is 4.63. The number of nitrogens with one attached hydrogen (secondary N) is 1.